The first kappa shape index (κ1) is 12.6. The van der Waals surface area contributed by atoms with Gasteiger partial charge in [0.05, 0.1) is 0 Å². The van der Waals surface area contributed by atoms with E-state index in [4.69, 9.17) is 10.9 Å². The molecule has 6 heteroatoms. The van der Waals surface area contributed by atoms with Crippen molar-refractivity contribution in [2.24, 2.45) is 16.8 Å². The second-order valence-electron chi connectivity index (χ2n) is 4.87. The summed E-state index contributed by atoms with van der Waals surface area (Å²) in [6.45, 7) is 6.03. The minimum Gasteiger partial charge on any atom is -0.409 e. The average molecular weight is 249 g/mol. The van der Waals surface area contributed by atoms with Crippen molar-refractivity contribution in [2.45, 2.75) is 26.7 Å². The Balaban J connectivity index is 2.30. The molecule has 3 N–H and O–H groups in total. The fraction of sp³-hybridized carbons (Fsp3) is 0.583. The van der Waals surface area contributed by atoms with Gasteiger partial charge in [-0.2, -0.15) is 0 Å². The van der Waals surface area contributed by atoms with Crippen LogP contribution in [0.3, 0.4) is 0 Å². The van der Waals surface area contributed by atoms with Crippen LogP contribution >= 0.6 is 0 Å². The van der Waals surface area contributed by atoms with E-state index in [0.29, 0.717) is 17.6 Å². The lowest BCUT2D eigenvalue weighted by Gasteiger charge is -2.31. The standard InChI is InChI=1S/C12H19N5O/c1-8-4-3-5-17(7-8)12-14-9(2)6-10(15-12)11(13)16-18/h6,8,18H,3-5,7H2,1-2H3,(H2,13,16). The largest absolute Gasteiger partial charge is 0.409 e. The maximum atomic E-state index is 8.71. The second kappa shape index (κ2) is 5.20. The maximum absolute atomic E-state index is 8.71. The number of hydrogen-bond donors (Lipinski definition) is 2. The molecule has 1 aliphatic rings. The molecule has 2 rings (SSSR count). The van der Waals surface area contributed by atoms with Gasteiger partial charge in [-0.1, -0.05) is 12.1 Å². The van der Waals surface area contributed by atoms with Crippen LogP contribution in [0.5, 0.6) is 0 Å². The van der Waals surface area contributed by atoms with Crippen molar-refractivity contribution in [1.29, 1.82) is 0 Å². The fourth-order valence-electron chi connectivity index (χ4n) is 2.25. The summed E-state index contributed by atoms with van der Waals surface area (Å²) in [5.41, 5.74) is 6.87. The number of aromatic nitrogens is 2. The summed E-state index contributed by atoms with van der Waals surface area (Å²) in [5, 5.41) is 11.7. The third kappa shape index (κ3) is 2.69. The van der Waals surface area contributed by atoms with Gasteiger partial charge in [-0.05, 0) is 31.7 Å². The Kier molecular flexibility index (Phi) is 3.64. The molecule has 0 bridgehead atoms. The van der Waals surface area contributed by atoms with E-state index in [2.05, 4.69) is 26.9 Å². The first-order valence-corrected chi connectivity index (χ1v) is 6.18. The summed E-state index contributed by atoms with van der Waals surface area (Å²) in [4.78, 5) is 11.0. The van der Waals surface area contributed by atoms with Crippen LogP contribution in [0.4, 0.5) is 5.95 Å². The number of nitrogens with two attached hydrogens (primary N) is 1. The van der Waals surface area contributed by atoms with Crippen LogP contribution in [0.15, 0.2) is 11.2 Å². The predicted octanol–water partition coefficient (Wildman–Crippen LogP) is 1.12. The van der Waals surface area contributed by atoms with Crippen LogP contribution in [0.1, 0.15) is 31.2 Å². The van der Waals surface area contributed by atoms with Gasteiger partial charge in [0.15, 0.2) is 5.84 Å². The number of oxime groups is 1. The van der Waals surface area contributed by atoms with Gasteiger partial charge < -0.3 is 15.8 Å². The molecule has 1 fully saturated rings. The summed E-state index contributed by atoms with van der Waals surface area (Å²) in [5.74, 6) is 1.34. The molecule has 1 aliphatic heterocycles. The first-order valence-electron chi connectivity index (χ1n) is 6.18. The predicted molar refractivity (Wildman–Crippen MR) is 69.9 cm³/mol. The highest BCUT2D eigenvalue weighted by Gasteiger charge is 2.19. The van der Waals surface area contributed by atoms with E-state index in [9.17, 15) is 0 Å². The van der Waals surface area contributed by atoms with E-state index in [0.717, 1.165) is 25.2 Å². The van der Waals surface area contributed by atoms with Gasteiger partial charge in [0.25, 0.3) is 0 Å². The Bertz CT molecular complexity index is 460. The second-order valence-corrected chi connectivity index (χ2v) is 4.87. The summed E-state index contributed by atoms with van der Waals surface area (Å²) in [6, 6.07) is 1.71. The van der Waals surface area contributed by atoms with E-state index >= 15 is 0 Å². The lowest BCUT2D eigenvalue weighted by Crippen LogP contribution is -2.36. The Morgan fingerprint density at radius 2 is 2.33 bits per heavy atom. The smallest absolute Gasteiger partial charge is 0.226 e. The molecular formula is C12H19N5O. The molecule has 0 aliphatic carbocycles. The lowest BCUT2D eigenvalue weighted by atomic mass is 10.0. The minimum atomic E-state index is 0.0202. The van der Waals surface area contributed by atoms with Crippen LogP contribution < -0.4 is 10.6 Å². The molecule has 0 saturated carbocycles. The highest BCUT2D eigenvalue weighted by molar-refractivity contribution is 5.95. The molecule has 0 radical (unpaired) electrons. The fourth-order valence-corrected chi connectivity index (χ4v) is 2.25. The van der Waals surface area contributed by atoms with Crippen molar-refractivity contribution in [3.05, 3.63) is 17.5 Å². The third-order valence-electron chi connectivity index (χ3n) is 3.15. The van der Waals surface area contributed by atoms with Crippen molar-refractivity contribution in [1.82, 2.24) is 9.97 Å². The van der Waals surface area contributed by atoms with Crippen LogP contribution in [0.2, 0.25) is 0 Å². The van der Waals surface area contributed by atoms with Crippen molar-refractivity contribution in [3.63, 3.8) is 0 Å². The number of amidine groups is 1. The van der Waals surface area contributed by atoms with Gasteiger partial charge in [-0.25, -0.2) is 9.97 Å². The number of nitrogens with zero attached hydrogens (tertiary/aromatic N) is 4. The molecule has 0 aromatic carbocycles. The summed E-state index contributed by atoms with van der Waals surface area (Å²) in [7, 11) is 0. The molecule has 0 spiro atoms. The van der Waals surface area contributed by atoms with Gasteiger partial charge in [0.2, 0.25) is 5.95 Å². The van der Waals surface area contributed by atoms with Crippen molar-refractivity contribution in [3.8, 4) is 0 Å². The molecule has 98 valence electrons. The monoisotopic (exact) mass is 249 g/mol. The molecule has 6 nitrogen and oxygen atoms in total. The van der Waals surface area contributed by atoms with Gasteiger partial charge >= 0.3 is 0 Å². The molecule has 2 heterocycles. The molecule has 1 aromatic rings. The minimum absolute atomic E-state index is 0.0202. The number of hydrogen-bond acceptors (Lipinski definition) is 5. The van der Waals surface area contributed by atoms with Gasteiger partial charge in [0.1, 0.15) is 5.69 Å². The van der Waals surface area contributed by atoms with Gasteiger partial charge in [-0.15, -0.1) is 0 Å². The zero-order valence-corrected chi connectivity index (χ0v) is 10.8. The van der Waals surface area contributed by atoms with E-state index in [1.807, 2.05) is 6.92 Å². The van der Waals surface area contributed by atoms with Crippen LogP contribution in [-0.2, 0) is 0 Å². The lowest BCUT2D eigenvalue weighted by molar-refractivity contribution is 0.318. The Morgan fingerprint density at radius 3 is 3.00 bits per heavy atom. The average Bonchev–Trinajstić information content (AvgIpc) is 2.37. The normalized spacial score (nSPS) is 21.1. The SMILES string of the molecule is Cc1cc(/C(N)=N/O)nc(N2CCCC(C)C2)n1. The number of rotatable bonds is 2. The van der Waals surface area contributed by atoms with E-state index in [-0.39, 0.29) is 5.84 Å². The molecule has 1 saturated heterocycles. The van der Waals surface area contributed by atoms with Gasteiger partial charge in [-0.3, -0.25) is 0 Å². The number of aryl methyl sites for hydroxylation is 1. The molecule has 1 unspecified atom stereocenters. The summed E-state index contributed by atoms with van der Waals surface area (Å²) in [6.07, 6.45) is 2.40. The molecule has 1 atom stereocenters. The Hall–Kier alpha value is -1.85. The van der Waals surface area contributed by atoms with Crippen molar-refractivity contribution in [2.75, 3.05) is 18.0 Å². The van der Waals surface area contributed by atoms with E-state index in [1.54, 1.807) is 6.07 Å². The summed E-state index contributed by atoms with van der Waals surface area (Å²) < 4.78 is 0. The van der Waals surface area contributed by atoms with Crippen molar-refractivity contribution >= 4 is 11.8 Å². The first-order chi connectivity index (χ1) is 8.60. The van der Waals surface area contributed by atoms with Crippen LogP contribution in [0.25, 0.3) is 0 Å². The Morgan fingerprint density at radius 1 is 1.56 bits per heavy atom. The molecular weight excluding hydrogens is 230 g/mol. The highest BCUT2D eigenvalue weighted by Crippen LogP contribution is 2.20. The third-order valence-corrected chi connectivity index (χ3v) is 3.15. The van der Waals surface area contributed by atoms with Crippen LogP contribution in [-0.4, -0.2) is 34.1 Å². The molecule has 18 heavy (non-hydrogen) atoms. The topological polar surface area (TPSA) is 87.6 Å². The summed E-state index contributed by atoms with van der Waals surface area (Å²) >= 11 is 0. The highest BCUT2D eigenvalue weighted by atomic mass is 16.4. The maximum Gasteiger partial charge on any atom is 0.226 e. The molecule has 1 aromatic heterocycles. The number of piperidine rings is 1. The number of anilines is 1. The zero-order valence-electron chi connectivity index (χ0n) is 10.8. The quantitative estimate of drug-likeness (QED) is 0.355. The van der Waals surface area contributed by atoms with Crippen LogP contribution in [0, 0.1) is 12.8 Å². The van der Waals surface area contributed by atoms with E-state index < -0.39 is 0 Å². The van der Waals surface area contributed by atoms with Crippen molar-refractivity contribution < 1.29 is 5.21 Å². The zero-order chi connectivity index (χ0) is 13.1. The molecule has 0 amide bonds. The van der Waals surface area contributed by atoms with Gasteiger partial charge in [0, 0.05) is 18.8 Å². The Labute approximate surface area is 107 Å². The van der Waals surface area contributed by atoms with E-state index in [1.165, 1.54) is 6.42 Å².